The van der Waals surface area contributed by atoms with Crippen LogP contribution in [0.5, 0.6) is 0 Å². The fourth-order valence-corrected chi connectivity index (χ4v) is 2.99. The lowest BCUT2D eigenvalue weighted by atomic mass is 10.1. The Bertz CT molecular complexity index is 806. The summed E-state index contributed by atoms with van der Waals surface area (Å²) in [7, 11) is 0. The second-order valence-electron chi connectivity index (χ2n) is 5.13. The molecule has 108 valence electrons. The molecular weight excluding hydrogens is 303 g/mol. The van der Waals surface area contributed by atoms with Crippen molar-refractivity contribution in [2.45, 2.75) is 20.3 Å². The molecule has 0 N–H and O–H groups in total. The minimum Gasteiger partial charge on any atom is -0.296 e. The molecule has 0 spiro atoms. The Morgan fingerprint density at radius 2 is 1.86 bits per heavy atom. The van der Waals surface area contributed by atoms with Gasteiger partial charge in [-0.3, -0.25) is 4.57 Å². The summed E-state index contributed by atoms with van der Waals surface area (Å²) in [6, 6.07) is 12.2. The Balaban J connectivity index is 2.37. The molecule has 0 amide bonds. The first-order valence-corrected chi connectivity index (χ1v) is 7.83. The SMILES string of the molecule is Cc1cccc(-n2c(CCCl)nc3c(Cl)cccc32)c1C. The van der Waals surface area contributed by atoms with E-state index in [1.165, 1.54) is 11.1 Å². The smallest absolute Gasteiger partial charge is 0.115 e. The zero-order valence-electron chi connectivity index (χ0n) is 12.0. The summed E-state index contributed by atoms with van der Waals surface area (Å²) in [6.07, 6.45) is 0.708. The van der Waals surface area contributed by atoms with E-state index in [1.54, 1.807) is 0 Å². The summed E-state index contributed by atoms with van der Waals surface area (Å²) in [5, 5.41) is 0.673. The van der Waals surface area contributed by atoms with Crippen LogP contribution in [0.4, 0.5) is 0 Å². The Kier molecular flexibility index (Phi) is 3.92. The Labute approximate surface area is 134 Å². The summed E-state index contributed by atoms with van der Waals surface area (Å²) < 4.78 is 2.17. The van der Waals surface area contributed by atoms with Crippen molar-refractivity contribution in [2.75, 3.05) is 5.88 Å². The molecule has 2 aromatic carbocycles. The van der Waals surface area contributed by atoms with E-state index in [1.807, 2.05) is 18.2 Å². The quantitative estimate of drug-likeness (QED) is 0.616. The molecule has 0 fully saturated rings. The van der Waals surface area contributed by atoms with Gasteiger partial charge in [0.2, 0.25) is 0 Å². The highest BCUT2D eigenvalue weighted by atomic mass is 35.5. The molecule has 1 heterocycles. The van der Waals surface area contributed by atoms with Crippen molar-refractivity contribution in [3.05, 3.63) is 58.4 Å². The van der Waals surface area contributed by atoms with E-state index >= 15 is 0 Å². The molecule has 0 atom stereocenters. The van der Waals surface area contributed by atoms with Gasteiger partial charge in [0.1, 0.15) is 11.3 Å². The van der Waals surface area contributed by atoms with E-state index in [2.05, 4.69) is 36.6 Å². The van der Waals surface area contributed by atoms with E-state index in [0.29, 0.717) is 17.3 Å². The summed E-state index contributed by atoms with van der Waals surface area (Å²) in [4.78, 5) is 4.70. The van der Waals surface area contributed by atoms with Gasteiger partial charge >= 0.3 is 0 Å². The highest BCUT2D eigenvalue weighted by molar-refractivity contribution is 6.35. The van der Waals surface area contributed by atoms with Crippen molar-refractivity contribution >= 4 is 34.2 Å². The summed E-state index contributed by atoms with van der Waals surface area (Å²) in [5.74, 6) is 1.48. The van der Waals surface area contributed by atoms with Crippen molar-refractivity contribution in [3.8, 4) is 5.69 Å². The van der Waals surface area contributed by atoms with E-state index in [0.717, 1.165) is 22.5 Å². The molecule has 0 radical (unpaired) electrons. The number of rotatable bonds is 3. The van der Waals surface area contributed by atoms with Crippen molar-refractivity contribution in [1.82, 2.24) is 9.55 Å². The molecule has 0 unspecified atom stereocenters. The second kappa shape index (κ2) is 5.70. The molecular formula is C17H16Cl2N2. The minimum atomic E-state index is 0.534. The molecule has 0 aliphatic heterocycles. The van der Waals surface area contributed by atoms with Crippen LogP contribution in [-0.2, 0) is 6.42 Å². The molecule has 3 rings (SSSR count). The molecule has 1 aromatic heterocycles. The third-order valence-electron chi connectivity index (χ3n) is 3.84. The molecule has 0 saturated heterocycles. The topological polar surface area (TPSA) is 17.8 Å². The van der Waals surface area contributed by atoms with Crippen LogP contribution < -0.4 is 0 Å². The van der Waals surface area contributed by atoms with Crippen LogP contribution in [0.25, 0.3) is 16.7 Å². The third-order valence-corrected chi connectivity index (χ3v) is 4.33. The number of aryl methyl sites for hydroxylation is 2. The number of alkyl halides is 1. The van der Waals surface area contributed by atoms with Gasteiger partial charge in [0.05, 0.1) is 16.2 Å². The van der Waals surface area contributed by atoms with E-state index in [9.17, 15) is 0 Å². The molecule has 3 aromatic rings. The molecule has 21 heavy (non-hydrogen) atoms. The lowest BCUT2D eigenvalue weighted by molar-refractivity contribution is 0.905. The summed E-state index contributed by atoms with van der Waals surface area (Å²) in [5.41, 5.74) is 5.50. The first kappa shape index (κ1) is 14.4. The highest BCUT2D eigenvalue weighted by Gasteiger charge is 2.15. The molecule has 0 aliphatic carbocycles. The number of fused-ring (bicyclic) bond motifs is 1. The Morgan fingerprint density at radius 1 is 1.10 bits per heavy atom. The lowest BCUT2D eigenvalue weighted by Crippen LogP contribution is -2.04. The number of imidazole rings is 1. The van der Waals surface area contributed by atoms with Crippen LogP contribution in [0.3, 0.4) is 0 Å². The van der Waals surface area contributed by atoms with Crippen molar-refractivity contribution in [3.63, 3.8) is 0 Å². The number of hydrogen-bond acceptors (Lipinski definition) is 1. The standard InChI is InChI=1S/C17H16Cl2N2/c1-11-5-3-7-14(12(11)2)21-15-8-4-6-13(19)17(15)20-16(21)9-10-18/h3-8H,9-10H2,1-2H3. The maximum absolute atomic E-state index is 6.29. The zero-order valence-corrected chi connectivity index (χ0v) is 13.5. The van der Waals surface area contributed by atoms with Gasteiger partial charge in [0, 0.05) is 12.3 Å². The predicted octanol–water partition coefficient (Wildman–Crippen LogP) is 5.08. The van der Waals surface area contributed by atoms with Crippen LogP contribution in [0.15, 0.2) is 36.4 Å². The number of hydrogen-bond donors (Lipinski definition) is 0. The van der Waals surface area contributed by atoms with Gasteiger partial charge in [-0.15, -0.1) is 11.6 Å². The monoisotopic (exact) mass is 318 g/mol. The van der Waals surface area contributed by atoms with Gasteiger partial charge in [0.15, 0.2) is 0 Å². The first-order valence-electron chi connectivity index (χ1n) is 6.92. The Hall–Kier alpha value is -1.51. The summed E-state index contributed by atoms with van der Waals surface area (Å²) in [6.45, 7) is 4.25. The van der Waals surface area contributed by atoms with Crippen molar-refractivity contribution in [2.24, 2.45) is 0 Å². The van der Waals surface area contributed by atoms with E-state index < -0.39 is 0 Å². The summed E-state index contributed by atoms with van der Waals surface area (Å²) >= 11 is 12.2. The van der Waals surface area contributed by atoms with E-state index in [4.69, 9.17) is 28.2 Å². The number of para-hydroxylation sites is 1. The fraction of sp³-hybridized carbons (Fsp3) is 0.235. The first-order chi connectivity index (χ1) is 10.1. The molecule has 0 saturated carbocycles. The van der Waals surface area contributed by atoms with Crippen LogP contribution in [0, 0.1) is 13.8 Å². The number of nitrogens with zero attached hydrogens (tertiary/aromatic N) is 2. The lowest BCUT2D eigenvalue weighted by Gasteiger charge is -2.13. The van der Waals surface area contributed by atoms with Gasteiger partial charge in [0.25, 0.3) is 0 Å². The van der Waals surface area contributed by atoms with Gasteiger partial charge in [-0.05, 0) is 43.2 Å². The van der Waals surface area contributed by atoms with Crippen LogP contribution in [-0.4, -0.2) is 15.4 Å². The molecule has 4 heteroatoms. The number of benzene rings is 2. The van der Waals surface area contributed by atoms with Gasteiger partial charge in [-0.1, -0.05) is 29.8 Å². The fourth-order valence-electron chi connectivity index (χ4n) is 2.61. The third kappa shape index (κ3) is 2.43. The maximum Gasteiger partial charge on any atom is 0.115 e. The van der Waals surface area contributed by atoms with Crippen molar-refractivity contribution in [1.29, 1.82) is 0 Å². The zero-order chi connectivity index (χ0) is 15.0. The number of aromatic nitrogens is 2. The average molecular weight is 319 g/mol. The van der Waals surface area contributed by atoms with Crippen LogP contribution in [0.1, 0.15) is 17.0 Å². The molecule has 0 bridgehead atoms. The minimum absolute atomic E-state index is 0.534. The average Bonchev–Trinajstić information content (AvgIpc) is 2.82. The molecule has 2 nitrogen and oxygen atoms in total. The van der Waals surface area contributed by atoms with Gasteiger partial charge < -0.3 is 0 Å². The van der Waals surface area contributed by atoms with Gasteiger partial charge in [-0.25, -0.2) is 4.98 Å². The second-order valence-corrected chi connectivity index (χ2v) is 5.91. The van der Waals surface area contributed by atoms with E-state index in [-0.39, 0.29) is 0 Å². The Morgan fingerprint density at radius 3 is 2.62 bits per heavy atom. The van der Waals surface area contributed by atoms with Gasteiger partial charge in [-0.2, -0.15) is 0 Å². The largest absolute Gasteiger partial charge is 0.296 e. The maximum atomic E-state index is 6.29. The normalized spacial score (nSPS) is 11.2. The van der Waals surface area contributed by atoms with Crippen LogP contribution in [0.2, 0.25) is 5.02 Å². The molecule has 0 aliphatic rings. The highest BCUT2D eigenvalue weighted by Crippen LogP contribution is 2.29. The number of halogens is 2. The van der Waals surface area contributed by atoms with Crippen molar-refractivity contribution < 1.29 is 0 Å². The van der Waals surface area contributed by atoms with Crippen LogP contribution >= 0.6 is 23.2 Å². The predicted molar refractivity (Wildman–Crippen MR) is 90.0 cm³/mol.